The van der Waals surface area contributed by atoms with Crippen molar-refractivity contribution in [3.63, 3.8) is 0 Å². The maximum Gasteiger partial charge on any atom is 0.255 e. The van der Waals surface area contributed by atoms with E-state index in [1.165, 1.54) is 0 Å². The van der Waals surface area contributed by atoms with Gasteiger partial charge in [-0.2, -0.15) is 5.10 Å². The van der Waals surface area contributed by atoms with E-state index < -0.39 is 0 Å². The predicted octanol–water partition coefficient (Wildman–Crippen LogP) is 3.49. The van der Waals surface area contributed by atoms with Crippen LogP contribution < -0.4 is 10.6 Å². The van der Waals surface area contributed by atoms with Gasteiger partial charge in [0.05, 0.1) is 23.1 Å². The number of halogens is 2. The minimum Gasteiger partial charge on any atom is -0.348 e. The molecule has 0 aliphatic carbocycles. The Bertz CT molecular complexity index is 716. The SMILES string of the molecule is CCc1c(C(=O)NC2CCCNC2C)cnn1-c1ccc(Br)cc1.Cl. The molecule has 5 nitrogen and oxygen atoms in total. The highest BCUT2D eigenvalue weighted by molar-refractivity contribution is 9.10. The van der Waals surface area contributed by atoms with Crippen LogP contribution in [0.3, 0.4) is 0 Å². The van der Waals surface area contributed by atoms with Gasteiger partial charge in [-0.1, -0.05) is 22.9 Å². The average molecular weight is 428 g/mol. The third kappa shape index (κ3) is 4.43. The summed E-state index contributed by atoms with van der Waals surface area (Å²) in [6.07, 6.45) is 4.53. The van der Waals surface area contributed by atoms with Crippen molar-refractivity contribution in [2.45, 2.75) is 45.2 Å². The van der Waals surface area contributed by atoms with Crippen LogP contribution in [0.15, 0.2) is 34.9 Å². The van der Waals surface area contributed by atoms with Crippen LogP contribution in [0.1, 0.15) is 42.7 Å². The Labute approximate surface area is 163 Å². The lowest BCUT2D eigenvalue weighted by atomic mass is 9.99. The van der Waals surface area contributed by atoms with E-state index in [0.29, 0.717) is 11.6 Å². The van der Waals surface area contributed by atoms with Gasteiger partial charge in [-0.25, -0.2) is 4.68 Å². The van der Waals surface area contributed by atoms with Crippen molar-refractivity contribution < 1.29 is 4.79 Å². The van der Waals surface area contributed by atoms with Crippen LogP contribution in [0, 0.1) is 0 Å². The molecule has 2 atom stereocenters. The number of carbonyl (C=O) groups is 1. The molecule has 2 heterocycles. The fourth-order valence-corrected chi connectivity index (χ4v) is 3.46. The second-order valence-electron chi connectivity index (χ2n) is 6.21. The van der Waals surface area contributed by atoms with E-state index in [2.05, 4.69) is 38.6 Å². The highest BCUT2D eigenvalue weighted by atomic mass is 79.9. The van der Waals surface area contributed by atoms with Crippen LogP contribution in [0.2, 0.25) is 0 Å². The van der Waals surface area contributed by atoms with Crippen molar-refractivity contribution in [2.75, 3.05) is 6.54 Å². The number of amides is 1. The Morgan fingerprint density at radius 2 is 2.12 bits per heavy atom. The molecule has 7 heteroatoms. The Kier molecular flexibility index (Phi) is 7.04. The average Bonchev–Trinajstić information content (AvgIpc) is 3.01. The van der Waals surface area contributed by atoms with Crippen molar-refractivity contribution >= 4 is 34.2 Å². The third-order valence-electron chi connectivity index (χ3n) is 4.60. The first kappa shape index (κ1) is 19.9. The maximum atomic E-state index is 12.7. The quantitative estimate of drug-likeness (QED) is 0.785. The maximum absolute atomic E-state index is 12.7. The molecule has 1 aromatic carbocycles. The van der Waals surface area contributed by atoms with Gasteiger partial charge in [0, 0.05) is 16.6 Å². The molecular weight excluding hydrogens is 404 g/mol. The fourth-order valence-electron chi connectivity index (χ4n) is 3.20. The molecule has 1 aliphatic heterocycles. The van der Waals surface area contributed by atoms with Crippen LogP contribution >= 0.6 is 28.3 Å². The molecule has 25 heavy (non-hydrogen) atoms. The number of hydrogen-bond acceptors (Lipinski definition) is 3. The Morgan fingerprint density at radius 1 is 1.40 bits per heavy atom. The fraction of sp³-hybridized carbons (Fsp3) is 0.444. The summed E-state index contributed by atoms with van der Waals surface area (Å²) in [6.45, 7) is 5.19. The van der Waals surface area contributed by atoms with E-state index in [-0.39, 0.29) is 24.4 Å². The van der Waals surface area contributed by atoms with Crippen LogP contribution in [0.25, 0.3) is 5.69 Å². The van der Waals surface area contributed by atoms with Gasteiger partial charge in [0.15, 0.2) is 0 Å². The summed E-state index contributed by atoms with van der Waals surface area (Å²) >= 11 is 3.44. The molecular formula is C18H24BrClN4O. The molecule has 1 amide bonds. The Morgan fingerprint density at radius 3 is 2.76 bits per heavy atom. The van der Waals surface area contributed by atoms with E-state index in [4.69, 9.17) is 0 Å². The lowest BCUT2D eigenvalue weighted by Crippen LogP contribution is -2.52. The molecule has 0 bridgehead atoms. The zero-order chi connectivity index (χ0) is 17.1. The second-order valence-corrected chi connectivity index (χ2v) is 7.13. The first-order chi connectivity index (χ1) is 11.6. The summed E-state index contributed by atoms with van der Waals surface area (Å²) in [7, 11) is 0. The highest BCUT2D eigenvalue weighted by Crippen LogP contribution is 2.19. The van der Waals surface area contributed by atoms with E-state index in [1.54, 1.807) is 6.20 Å². The van der Waals surface area contributed by atoms with Crippen LogP contribution in [0.4, 0.5) is 0 Å². The molecule has 2 N–H and O–H groups in total. The molecule has 0 saturated carbocycles. The monoisotopic (exact) mass is 426 g/mol. The summed E-state index contributed by atoms with van der Waals surface area (Å²) in [5, 5.41) is 11.0. The molecule has 1 saturated heterocycles. The van der Waals surface area contributed by atoms with Gasteiger partial charge in [0.25, 0.3) is 5.91 Å². The van der Waals surface area contributed by atoms with E-state index in [0.717, 1.165) is 41.7 Å². The molecule has 1 aliphatic rings. The smallest absolute Gasteiger partial charge is 0.255 e. The van der Waals surface area contributed by atoms with Gasteiger partial charge in [-0.15, -0.1) is 12.4 Å². The minimum atomic E-state index is -0.0317. The number of aromatic nitrogens is 2. The third-order valence-corrected chi connectivity index (χ3v) is 5.13. The summed E-state index contributed by atoms with van der Waals surface area (Å²) in [6, 6.07) is 8.41. The van der Waals surface area contributed by atoms with Crippen LogP contribution in [-0.4, -0.2) is 34.3 Å². The first-order valence-electron chi connectivity index (χ1n) is 8.47. The molecule has 3 rings (SSSR count). The zero-order valence-electron chi connectivity index (χ0n) is 14.5. The number of nitrogens with one attached hydrogen (secondary N) is 2. The summed E-state index contributed by atoms with van der Waals surface area (Å²) in [4.78, 5) is 12.7. The number of rotatable bonds is 4. The summed E-state index contributed by atoms with van der Waals surface area (Å²) in [5.74, 6) is -0.0317. The number of piperidine rings is 1. The second kappa shape index (κ2) is 8.83. The van der Waals surface area contributed by atoms with E-state index in [1.807, 2.05) is 35.9 Å². The molecule has 0 spiro atoms. The minimum absolute atomic E-state index is 0. The van der Waals surface area contributed by atoms with E-state index >= 15 is 0 Å². The van der Waals surface area contributed by atoms with Gasteiger partial charge in [0.1, 0.15) is 0 Å². The highest BCUT2D eigenvalue weighted by Gasteiger charge is 2.25. The van der Waals surface area contributed by atoms with E-state index in [9.17, 15) is 4.79 Å². The van der Waals surface area contributed by atoms with Crippen LogP contribution in [0.5, 0.6) is 0 Å². The van der Waals surface area contributed by atoms with Crippen molar-refractivity contribution in [3.05, 3.63) is 46.2 Å². The van der Waals surface area contributed by atoms with Gasteiger partial charge >= 0.3 is 0 Å². The lowest BCUT2D eigenvalue weighted by Gasteiger charge is -2.30. The topological polar surface area (TPSA) is 59.0 Å². The lowest BCUT2D eigenvalue weighted by molar-refractivity contribution is 0.0919. The zero-order valence-corrected chi connectivity index (χ0v) is 16.9. The van der Waals surface area contributed by atoms with Gasteiger partial charge in [-0.05, 0) is 57.0 Å². The molecule has 2 aromatic rings. The van der Waals surface area contributed by atoms with Gasteiger partial charge in [-0.3, -0.25) is 4.79 Å². The molecule has 2 unspecified atom stereocenters. The summed E-state index contributed by atoms with van der Waals surface area (Å²) < 4.78 is 2.87. The van der Waals surface area contributed by atoms with Crippen LogP contribution in [-0.2, 0) is 6.42 Å². The van der Waals surface area contributed by atoms with Crippen molar-refractivity contribution in [1.29, 1.82) is 0 Å². The largest absolute Gasteiger partial charge is 0.348 e. The van der Waals surface area contributed by atoms with Crippen molar-refractivity contribution in [2.24, 2.45) is 0 Å². The summed E-state index contributed by atoms with van der Waals surface area (Å²) in [5.41, 5.74) is 2.56. The predicted molar refractivity (Wildman–Crippen MR) is 106 cm³/mol. The van der Waals surface area contributed by atoms with Gasteiger partial charge in [0.2, 0.25) is 0 Å². The Balaban J connectivity index is 0.00000225. The number of nitrogens with zero attached hydrogens (tertiary/aromatic N) is 2. The normalized spacial score (nSPS) is 20.0. The molecule has 136 valence electrons. The number of carbonyl (C=O) groups excluding carboxylic acids is 1. The number of benzene rings is 1. The molecule has 1 fully saturated rings. The Hall–Kier alpha value is -1.37. The van der Waals surface area contributed by atoms with Gasteiger partial charge < -0.3 is 10.6 Å². The first-order valence-corrected chi connectivity index (χ1v) is 9.26. The molecule has 1 aromatic heterocycles. The van der Waals surface area contributed by atoms with Crippen molar-refractivity contribution in [3.8, 4) is 5.69 Å². The number of hydrogen-bond donors (Lipinski definition) is 2. The molecule has 0 radical (unpaired) electrons. The van der Waals surface area contributed by atoms with Crippen molar-refractivity contribution in [1.82, 2.24) is 20.4 Å². The standard InChI is InChI=1S/C18H23BrN4O.ClH/c1-3-17-15(18(24)22-16-5-4-10-20-12(16)2)11-21-23(17)14-8-6-13(19)7-9-14;/h6-9,11-12,16,20H,3-5,10H2,1-2H3,(H,22,24);1H.